The van der Waals surface area contributed by atoms with Crippen molar-refractivity contribution in [1.82, 2.24) is 0 Å². The van der Waals surface area contributed by atoms with Gasteiger partial charge in [-0.1, -0.05) is 133 Å². The first-order chi connectivity index (χ1) is 25.7. The topological polar surface area (TPSA) is 16.4 Å². The minimum atomic E-state index is 0.871. The van der Waals surface area contributed by atoms with E-state index in [1.807, 2.05) is 12.1 Å². The van der Waals surface area contributed by atoms with Gasteiger partial charge < -0.3 is 9.32 Å². The predicted octanol–water partition coefficient (Wildman–Crippen LogP) is 14.4. The van der Waals surface area contributed by atoms with Crippen molar-refractivity contribution in [1.29, 1.82) is 0 Å². The third-order valence-corrected chi connectivity index (χ3v) is 10.2. The first kappa shape index (κ1) is 30.0. The number of rotatable bonds is 6. The quantitative estimate of drug-likeness (QED) is 0.176. The van der Waals surface area contributed by atoms with Crippen molar-refractivity contribution < 1.29 is 4.42 Å². The number of hydrogen-bond donors (Lipinski definition) is 0. The molecule has 52 heavy (non-hydrogen) atoms. The second-order valence-electron chi connectivity index (χ2n) is 13.4. The fraction of sp³-hybridized carbons (Fsp3) is 0. The molecule has 10 rings (SSSR count). The summed E-state index contributed by atoms with van der Waals surface area (Å²) < 4.78 is 6.38. The van der Waals surface area contributed by atoms with Crippen LogP contribution in [0.3, 0.4) is 0 Å². The largest absolute Gasteiger partial charge is 0.456 e. The Morgan fingerprint density at radius 2 is 0.769 bits per heavy atom. The molecule has 0 bridgehead atoms. The molecule has 1 heterocycles. The maximum atomic E-state index is 6.38. The number of anilines is 3. The lowest BCUT2D eigenvalue weighted by Gasteiger charge is -2.26. The molecule has 2 nitrogen and oxygen atoms in total. The maximum absolute atomic E-state index is 6.38. The lowest BCUT2D eigenvalue weighted by molar-refractivity contribution is 0.669. The number of nitrogens with zero attached hydrogens (tertiary/aromatic N) is 1. The van der Waals surface area contributed by atoms with Crippen LogP contribution in [0.15, 0.2) is 205 Å². The Bertz CT molecular complexity index is 2920. The summed E-state index contributed by atoms with van der Waals surface area (Å²) in [6.07, 6.45) is 0. The molecule has 0 N–H and O–H groups in total. The van der Waals surface area contributed by atoms with Gasteiger partial charge in [0, 0.05) is 33.9 Å². The smallest absolute Gasteiger partial charge is 0.137 e. The normalized spacial score (nSPS) is 11.5. The summed E-state index contributed by atoms with van der Waals surface area (Å²) in [5.74, 6) is 0. The van der Waals surface area contributed by atoms with Crippen LogP contribution >= 0.6 is 0 Å². The summed E-state index contributed by atoms with van der Waals surface area (Å²) in [5.41, 5.74) is 12.1. The van der Waals surface area contributed by atoms with E-state index in [2.05, 4.69) is 193 Å². The average Bonchev–Trinajstić information content (AvgIpc) is 3.59. The minimum Gasteiger partial charge on any atom is -0.456 e. The van der Waals surface area contributed by atoms with Gasteiger partial charge in [0.05, 0.1) is 0 Å². The molecule has 0 spiro atoms. The van der Waals surface area contributed by atoms with Crippen molar-refractivity contribution >= 4 is 60.5 Å². The highest BCUT2D eigenvalue weighted by molar-refractivity contribution is 6.06. The average molecular weight is 664 g/mol. The van der Waals surface area contributed by atoms with E-state index >= 15 is 0 Å². The van der Waals surface area contributed by atoms with Gasteiger partial charge in [-0.3, -0.25) is 0 Å². The monoisotopic (exact) mass is 663 g/mol. The first-order valence-electron chi connectivity index (χ1n) is 17.7. The zero-order valence-corrected chi connectivity index (χ0v) is 28.4. The highest BCUT2D eigenvalue weighted by Crippen LogP contribution is 2.41. The molecule has 0 saturated heterocycles. The molecule has 0 aliphatic rings. The Kier molecular flexibility index (Phi) is 7.18. The molecular formula is C50H33NO. The molecule has 244 valence electrons. The van der Waals surface area contributed by atoms with Gasteiger partial charge in [-0.05, 0) is 116 Å². The highest BCUT2D eigenvalue weighted by atomic mass is 16.3. The SMILES string of the molecule is c1cc(-c2cccc(N(c3ccc(-c4ccc5ccccc5c4)cc3)c3ccc4c(c3)oc3ccccc34)c2)cc(-c2ccc3ccccc3c2)c1. The van der Waals surface area contributed by atoms with Gasteiger partial charge in [-0.2, -0.15) is 0 Å². The summed E-state index contributed by atoms with van der Waals surface area (Å²) in [6, 6.07) is 71.8. The van der Waals surface area contributed by atoms with Gasteiger partial charge >= 0.3 is 0 Å². The Balaban J connectivity index is 1.07. The molecule has 0 radical (unpaired) electrons. The zero-order chi connectivity index (χ0) is 34.4. The third-order valence-electron chi connectivity index (χ3n) is 10.2. The van der Waals surface area contributed by atoms with Gasteiger partial charge in [0.15, 0.2) is 0 Å². The summed E-state index contributed by atoms with van der Waals surface area (Å²) in [5, 5.41) is 7.23. The van der Waals surface area contributed by atoms with Crippen LogP contribution in [-0.2, 0) is 0 Å². The van der Waals surface area contributed by atoms with Gasteiger partial charge in [0.1, 0.15) is 11.2 Å². The molecule has 9 aromatic carbocycles. The molecular weight excluding hydrogens is 631 g/mol. The van der Waals surface area contributed by atoms with Crippen LogP contribution in [0.5, 0.6) is 0 Å². The van der Waals surface area contributed by atoms with Crippen LogP contribution < -0.4 is 4.90 Å². The van der Waals surface area contributed by atoms with E-state index < -0.39 is 0 Å². The molecule has 0 aliphatic carbocycles. The molecule has 2 heteroatoms. The van der Waals surface area contributed by atoms with Gasteiger partial charge in [0.25, 0.3) is 0 Å². The van der Waals surface area contributed by atoms with Crippen LogP contribution in [0.1, 0.15) is 0 Å². The van der Waals surface area contributed by atoms with Crippen molar-refractivity contribution in [3.8, 4) is 33.4 Å². The van der Waals surface area contributed by atoms with E-state index in [1.165, 1.54) is 49.4 Å². The second-order valence-corrected chi connectivity index (χ2v) is 13.4. The van der Waals surface area contributed by atoms with Crippen LogP contribution in [0.25, 0.3) is 76.9 Å². The summed E-state index contributed by atoms with van der Waals surface area (Å²) in [7, 11) is 0. The lowest BCUT2D eigenvalue weighted by Crippen LogP contribution is -2.10. The number of hydrogen-bond acceptors (Lipinski definition) is 2. The second kappa shape index (κ2) is 12.5. The Morgan fingerprint density at radius 3 is 1.48 bits per heavy atom. The summed E-state index contributed by atoms with van der Waals surface area (Å²) >= 11 is 0. The van der Waals surface area contributed by atoms with E-state index in [9.17, 15) is 0 Å². The van der Waals surface area contributed by atoms with Crippen molar-refractivity contribution in [3.05, 3.63) is 200 Å². The number of furan rings is 1. The van der Waals surface area contributed by atoms with Gasteiger partial charge in [-0.25, -0.2) is 0 Å². The fourth-order valence-electron chi connectivity index (χ4n) is 7.54. The molecule has 1 aromatic heterocycles. The minimum absolute atomic E-state index is 0.871. The van der Waals surface area contributed by atoms with E-state index in [0.29, 0.717) is 0 Å². The van der Waals surface area contributed by atoms with Crippen LogP contribution in [0.2, 0.25) is 0 Å². The molecule has 0 atom stereocenters. The highest BCUT2D eigenvalue weighted by Gasteiger charge is 2.17. The van der Waals surface area contributed by atoms with E-state index in [1.54, 1.807) is 0 Å². The van der Waals surface area contributed by atoms with Gasteiger partial charge in [0.2, 0.25) is 0 Å². The number of benzene rings is 9. The van der Waals surface area contributed by atoms with Gasteiger partial charge in [-0.15, -0.1) is 0 Å². The number of fused-ring (bicyclic) bond motifs is 5. The zero-order valence-electron chi connectivity index (χ0n) is 28.4. The van der Waals surface area contributed by atoms with E-state index in [0.717, 1.165) is 44.6 Å². The molecule has 0 unspecified atom stereocenters. The standard InChI is InChI=1S/C50H33NO/c1-3-11-37-29-42(21-19-34(37)9-1)36-23-25-44(26-24-36)51(46-27-28-48-47-17-5-6-18-49(47)52-50(48)33-46)45-16-8-15-41(32-45)39-13-7-14-40(31-39)43-22-20-35-10-2-4-12-38(35)30-43/h1-33H. The Morgan fingerprint density at radius 1 is 0.269 bits per heavy atom. The maximum Gasteiger partial charge on any atom is 0.137 e. The summed E-state index contributed by atoms with van der Waals surface area (Å²) in [4.78, 5) is 2.33. The molecule has 0 aliphatic heterocycles. The molecule has 0 amide bonds. The van der Waals surface area contributed by atoms with E-state index in [-0.39, 0.29) is 0 Å². The first-order valence-corrected chi connectivity index (χ1v) is 17.7. The Hall–Kier alpha value is -6.90. The van der Waals surface area contributed by atoms with Crippen molar-refractivity contribution in [2.24, 2.45) is 0 Å². The van der Waals surface area contributed by atoms with Crippen molar-refractivity contribution in [3.63, 3.8) is 0 Å². The summed E-state index contributed by atoms with van der Waals surface area (Å²) in [6.45, 7) is 0. The van der Waals surface area contributed by atoms with E-state index in [4.69, 9.17) is 4.42 Å². The lowest BCUT2D eigenvalue weighted by atomic mass is 9.97. The molecule has 0 fully saturated rings. The van der Waals surface area contributed by atoms with Crippen LogP contribution in [0, 0.1) is 0 Å². The van der Waals surface area contributed by atoms with Crippen LogP contribution in [-0.4, -0.2) is 0 Å². The van der Waals surface area contributed by atoms with Crippen molar-refractivity contribution in [2.45, 2.75) is 0 Å². The Labute approximate surface area is 302 Å². The predicted molar refractivity (Wildman–Crippen MR) is 220 cm³/mol. The molecule has 10 aromatic rings. The van der Waals surface area contributed by atoms with Crippen molar-refractivity contribution in [2.75, 3.05) is 4.90 Å². The van der Waals surface area contributed by atoms with Crippen LogP contribution in [0.4, 0.5) is 17.1 Å². The molecule has 0 saturated carbocycles. The fourth-order valence-corrected chi connectivity index (χ4v) is 7.54. The number of para-hydroxylation sites is 1. The third kappa shape index (κ3) is 5.39.